The Balaban J connectivity index is 2.65. The highest BCUT2D eigenvalue weighted by Gasteiger charge is 2.19. The van der Waals surface area contributed by atoms with Gasteiger partial charge in [0, 0.05) is 12.7 Å². The van der Waals surface area contributed by atoms with E-state index in [0.29, 0.717) is 17.7 Å². The molecule has 0 bridgehead atoms. The van der Waals surface area contributed by atoms with Crippen molar-refractivity contribution in [2.45, 2.75) is 25.6 Å². The molecule has 106 valence electrons. The number of aromatic hydroxyl groups is 1. The van der Waals surface area contributed by atoms with Gasteiger partial charge in [0.1, 0.15) is 6.10 Å². The van der Waals surface area contributed by atoms with E-state index in [-0.39, 0.29) is 16.6 Å². The largest absolute Gasteiger partial charge is 0.504 e. The number of benzene rings is 1. The molecule has 1 aromatic rings. The standard InChI is InChI=1S/C13H18O5S/c1-8(14)19-6-5-11(16)13(17)9-3-4-10(15)12(7-9)18-2/h3-4,7,11,13,15-17H,5-6H2,1-2H3. The Labute approximate surface area is 116 Å². The lowest BCUT2D eigenvalue weighted by Gasteiger charge is -2.18. The highest BCUT2D eigenvalue weighted by atomic mass is 32.2. The molecule has 0 saturated carbocycles. The minimum atomic E-state index is -1.08. The number of thioether (sulfide) groups is 1. The zero-order chi connectivity index (χ0) is 14.4. The van der Waals surface area contributed by atoms with Gasteiger partial charge in [0.05, 0.1) is 13.2 Å². The van der Waals surface area contributed by atoms with Gasteiger partial charge in [0.2, 0.25) is 0 Å². The summed E-state index contributed by atoms with van der Waals surface area (Å²) >= 11 is 1.11. The van der Waals surface area contributed by atoms with Crippen LogP contribution >= 0.6 is 11.8 Å². The van der Waals surface area contributed by atoms with Crippen LogP contribution in [0.15, 0.2) is 18.2 Å². The lowest BCUT2D eigenvalue weighted by atomic mass is 10.0. The van der Waals surface area contributed by atoms with E-state index in [1.807, 2.05) is 0 Å². The van der Waals surface area contributed by atoms with Gasteiger partial charge in [-0.15, -0.1) is 0 Å². The van der Waals surface area contributed by atoms with Crippen LogP contribution in [0.25, 0.3) is 0 Å². The van der Waals surface area contributed by atoms with Crippen molar-refractivity contribution < 1.29 is 24.9 Å². The predicted octanol–water partition coefficient (Wildman–Crippen LogP) is 1.46. The number of carbonyl (C=O) groups is 1. The summed E-state index contributed by atoms with van der Waals surface area (Å²) in [6.07, 6.45) is -1.75. The average molecular weight is 286 g/mol. The Bertz CT molecular complexity index is 435. The van der Waals surface area contributed by atoms with Crippen LogP contribution in [0, 0.1) is 0 Å². The Morgan fingerprint density at radius 1 is 1.42 bits per heavy atom. The monoisotopic (exact) mass is 286 g/mol. The van der Waals surface area contributed by atoms with Crippen LogP contribution in [-0.2, 0) is 4.79 Å². The number of aliphatic hydroxyl groups excluding tert-OH is 2. The fourth-order valence-electron chi connectivity index (χ4n) is 1.58. The number of ether oxygens (including phenoxy) is 1. The van der Waals surface area contributed by atoms with E-state index < -0.39 is 12.2 Å². The molecule has 0 aliphatic heterocycles. The summed E-state index contributed by atoms with van der Waals surface area (Å²) in [6.45, 7) is 1.46. The molecule has 5 nitrogen and oxygen atoms in total. The molecule has 0 aliphatic rings. The molecule has 0 spiro atoms. The molecule has 2 atom stereocenters. The molecule has 1 rings (SSSR count). The number of hydrogen-bond acceptors (Lipinski definition) is 6. The van der Waals surface area contributed by atoms with Crippen molar-refractivity contribution in [2.75, 3.05) is 12.9 Å². The van der Waals surface area contributed by atoms with Crippen molar-refractivity contribution in [3.63, 3.8) is 0 Å². The fraction of sp³-hybridized carbons (Fsp3) is 0.462. The van der Waals surface area contributed by atoms with Gasteiger partial charge in [-0.05, 0) is 24.1 Å². The zero-order valence-corrected chi connectivity index (χ0v) is 11.7. The maximum Gasteiger partial charge on any atom is 0.185 e. The lowest BCUT2D eigenvalue weighted by Crippen LogP contribution is -2.19. The average Bonchev–Trinajstić information content (AvgIpc) is 2.38. The molecule has 2 unspecified atom stereocenters. The van der Waals surface area contributed by atoms with Gasteiger partial charge in [-0.25, -0.2) is 0 Å². The SMILES string of the molecule is COc1cc(C(O)C(O)CCSC(C)=O)ccc1O. The minimum Gasteiger partial charge on any atom is -0.504 e. The summed E-state index contributed by atoms with van der Waals surface area (Å²) < 4.78 is 4.94. The number of hydrogen-bond donors (Lipinski definition) is 3. The van der Waals surface area contributed by atoms with Gasteiger partial charge in [-0.3, -0.25) is 4.79 Å². The van der Waals surface area contributed by atoms with E-state index in [0.717, 1.165) is 11.8 Å². The van der Waals surface area contributed by atoms with Gasteiger partial charge >= 0.3 is 0 Å². The first-order valence-electron chi connectivity index (χ1n) is 5.82. The predicted molar refractivity (Wildman–Crippen MR) is 73.4 cm³/mol. The van der Waals surface area contributed by atoms with Crippen molar-refractivity contribution in [1.82, 2.24) is 0 Å². The van der Waals surface area contributed by atoms with Crippen LogP contribution < -0.4 is 4.74 Å². The van der Waals surface area contributed by atoms with E-state index in [1.165, 1.54) is 32.2 Å². The van der Waals surface area contributed by atoms with Crippen molar-refractivity contribution in [1.29, 1.82) is 0 Å². The van der Waals surface area contributed by atoms with E-state index in [2.05, 4.69) is 0 Å². The topological polar surface area (TPSA) is 87.0 Å². The molecular formula is C13H18O5S. The third-order valence-electron chi connectivity index (χ3n) is 2.63. The third kappa shape index (κ3) is 4.74. The molecule has 0 radical (unpaired) electrons. The lowest BCUT2D eigenvalue weighted by molar-refractivity contribution is -0.109. The van der Waals surface area contributed by atoms with Crippen LogP contribution in [0.5, 0.6) is 11.5 Å². The van der Waals surface area contributed by atoms with Crippen LogP contribution in [0.2, 0.25) is 0 Å². The third-order valence-corrected chi connectivity index (χ3v) is 3.48. The van der Waals surface area contributed by atoms with E-state index in [1.54, 1.807) is 0 Å². The van der Waals surface area contributed by atoms with E-state index >= 15 is 0 Å². The summed E-state index contributed by atoms with van der Waals surface area (Å²) in [5.74, 6) is 0.657. The maximum absolute atomic E-state index is 10.8. The molecule has 1 aromatic carbocycles. The Hall–Kier alpha value is -1.24. The molecule has 0 heterocycles. The molecular weight excluding hydrogens is 268 g/mol. The second kappa shape index (κ2) is 7.37. The number of carbonyl (C=O) groups excluding carboxylic acids is 1. The number of phenolic OH excluding ortho intramolecular Hbond substituents is 1. The van der Waals surface area contributed by atoms with Crippen molar-refractivity contribution in [2.24, 2.45) is 0 Å². The molecule has 0 fully saturated rings. The zero-order valence-electron chi connectivity index (χ0n) is 10.9. The smallest absolute Gasteiger partial charge is 0.185 e. The summed E-state index contributed by atoms with van der Waals surface area (Å²) in [7, 11) is 1.41. The number of rotatable bonds is 6. The molecule has 0 aliphatic carbocycles. The number of methoxy groups -OCH3 is 1. The molecule has 19 heavy (non-hydrogen) atoms. The summed E-state index contributed by atoms with van der Waals surface area (Å²) in [6, 6.07) is 4.39. The second-order valence-corrected chi connectivity index (χ2v) is 5.34. The van der Waals surface area contributed by atoms with E-state index in [4.69, 9.17) is 4.74 Å². The van der Waals surface area contributed by atoms with Gasteiger partial charge in [-0.1, -0.05) is 17.8 Å². The summed E-state index contributed by atoms with van der Waals surface area (Å²) in [4.78, 5) is 10.8. The maximum atomic E-state index is 10.8. The highest BCUT2D eigenvalue weighted by molar-refractivity contribution is 8.13. The van der Waals surface area contributed by atoms with Gasteiger partial charge in [-0.2, -0.15) is 0 Å². The van der Waals surface area contributed by atoms with Crippen LogP contribution in [0.3, 0.4) is 0 Å². The number of phenols is 1. The second-order valence-electron chi connectivity index (χ2n) is 4.07. The Kier molecular flexibility index (Phi) is 6.14. The molecule has 0 amide bonds. The molecule has 0 saturated heterocycles. The van der Waals surface area contributed by atoms with Gasteiger partial charge < -0.3 is 20.1 Å². The van der Waals surface area contributed by atoms with Crippen LogP contribution in [0.1, 0.15) is 25.0 Å². The first kappa shape index (κ1) is 15.8. The van der Waals surface area contributed by atoms with Crippen molar-refractivity contribution in [3.05, 3.63) is 23.8 Å². The van der Waals surface area contributed by atoms with Crippen molar-refractivity contribution >= 4 is 16.9 Å². The van der Waals surface area contributed by atoms with Gasteiger partial charge in [0.25, 0.3) is 0 Å². The highest BCUT2D eigenvalue weighted by Crippen LogP contribution is 2.30. The minimum absolute atomic E-state index is 0.0204. The van der Waals surface area contributed by atoms with Crippen LogP contribution in [0.4, 0.5) is 0 Å². The Morgan fingerprint density at radius 2 is 2.11 bits per heavy atom. The number of aliphatic hydroxyl groups is 2. The molecule has 0 aromatic heterocycles. The molecule has 3 N–H and O–H groups in total. The van der Waals surface area contributed by atoms with Crippen molar-refractivity contribution in [3.8, 4) is 11.5 Å². The van der Waals surface area contributed by atoms with E-state index in [9.17, 15) is 20.1 Å². The first-order chi connectivity index (χ1) is 8.95. The van der Waals surface area contributed by atoms with Gasteiger partial charge in [0.15, 0.2) is 16.6 Å². The molecule has 6 heteroatoms. The van der Waals surface area contributed by atoms with Crippen LogP contribution in [-0.4, -0.2) is 39.4 Å². The quantitative estimate of drug-likeness (QED) is 0.734. The Morgan fingerprint density at radius 3 is 2.68 bits per heavy atom. The fourth-order valence-corrected chi connectivity index (χ4v) is 2.23. The summed E-state index contributed by atoms with van der Waals surface area (Å²) in [5, 5.41) is 29.3. The summed E-state index contributed by atoms with van der Waals surface area (Å²) in [5.41, 5.74) is 0.454. The first-order valence-corrected chi connectivity index (χ1v) is 6.80. The normalized spacial score (nSPS) is 13.9.